The summed E-state index contributed by atoms with van der Waals surface area (Å²) < 4.78 is 21.2. The first-order valence-corrected chi connectivity index (χ1v) is 9.93. The molecule has 7 heteroatoms. The average Bonchev–Trinajstić information content (AvgIpc) is 2.82. The van der Waals surface area contributed by atoms with Gasteiger partial charge in [-0.3, -0.25) is 4.79 Å². The Morgan fingerprint density at radius 3 is 1.91 bits per heavy atom. The van der Waals surface area contributed by atoms with Gasteiger partial charge in [0.1, 0.15) is 5.75 Å². The number of methoxy groups -OCH3 is 3. The predicted octanol–water partition coefficient (Wildman–Crippen LogP) is 5.48. The van der Waals surface area contributed by atoms with Gasteiger partial charge in [-0.05, 0) is 60.2 Å². The first kappa shape index (κ1) is 22.9. The number of ketones is 1. The van der Waals surface area contributed by atoms with Gasteiger partial charge in [0.15, 0.2) is 17.3 Å². The highest BCUT2D eigenvalue weighted by Gasteiger charge is 2.18. The van der Waals surface area contributed by atoms with Crippen molar-refractivity contribution >= 4 is 29.4 Å². The van der Waals surface area contributed by atoms with Crippen LogP contribution in [0.3, 0.4) is 0 Å². The molecule has 0 aliphatic rings. The van der Waals surface area contributed by atoms with Crippen LogP contribution in [-0.2, 0) is 0 Å². The lowest BCUT2D eigenvalue weighted by molar-refractivity contribution is 0.0733. The molecule has 0 spiro atoms. The van der Waals surface area contributed by atoms with E-state index < -0.39 is 5.97 Å². The molecule has 0 bridgehead atoms. The van der Waals surface area contributed by atoms with Crippen LogP contribution in [0, 0.1) is 0 Å². The first-order valence-electron chi connectivity index (χ1n) is 9.55. The molecule has 3 aromatic carbocycles. The molecule has 0 aromatic heterocycles. The number of hydrogen-bond donors (Lipinski definition) is 0. The molecule has 0 fully saturated rings. The Morgan fingerprint density at radius 1 is 0.781 bits per heavy atom. The molecule has 0 heterocycles. The molecule has 0 saturated heterocycles. The summed E-state index contributed by atoms with van der Waals surface area (Å²) >= 11 is 5.86. The van der Waals surface area contributed by atoms with Crippen molar-refractivity contribution in [3.8, 4) is 23.0 Å². The van der Waals surface area contributed by atoms with Crippen LogP contribution in [0.25, 0.3) is 6.08 Å². The van der Waals surface area contributed by atoms with E-state index in [4.69, 9.17) is 30.5 Å². The summed E-state index contributed by atoms with van der Waals surface area (Å²) in [5.41, 5.74) is 1.55. The highest BCUT2D eigenvalue weighted by Crippen LogP contribution is 2.38. The second-order valence-corrected chi connectivity index (χ2v) is 7.01. The lowest BCUT2D eigenvalue weighted by Crippen LogP contribution is -2.10. The molecule has 164 valence electrons. The molecule has 0 saturated carbocycles. The molecule has 0 amide bonds. The Bertz CT molecular complexity index is 1110. The van der Waals surface area contributed by atoms with Crippen LogP contribution in [0.4, 0.5) is 0 Å². The minimum atomic E-state index is -0.606. The van der Waals surface area contributed by atoms with Gasteiger partial charge in [-0.1, -0.05) is 29.8 Å². The minimum Gasteiger partial charge on any atom is -0.493 e. The fourth-order valence-corrected chi connectivity index (χ4v) is 3.02. The molecule has 0 atom stereocenters. The van der Waals surface area contributed by atoms with Crippen molar-refractivity contribution in [1.82, 2.24) is 0 Å². The molecule has 0 radical (unpaired) electrons. The fourth-order valence-electron chi connectivity index (χ4n) is 2.89. The van der Waals surface area contributed by atoms with Crippen molar-refractivity contribution in [3.63, 3.8) is 0 Å². The zero-order valence-electron chi connectivity index (χ0n) is 17.8. The Morgan fingerprint density at radius 2 is 1.38 bits per heavy atom. The molecular weight excluding hydrogens is 432 g/mol. The summed E-state index contributed by atoms with van der Waals surface area (Å²) in [5, 5.41) is 0.630. The van der Waals surface area contributed by atoms with Gasteiger partial charge in [0, 0.05) is 10.6 Å². The smallest absolute Gasteiger partial charge is 0.343 e. The van der Waals surface area contributed by atoms with E-state index in [2.05, 4.69) is 0 Å². The summed E-state index contributed by atoms with van der Waals surface area (Å²) in [5.74, 6) is 0.566. The van der Waals surface area contributed by atoms with Crippen LogP contribution in [-0.4, -0.2) is 33.1 Å². The van der Waals surface area contributed by atoms with Crippen LogP contribution in [0.5, 0.6) is 23.0 Å². The highest BCUT2D eigenvalue weighted by atomic mass is 35.5. The standard InChI is InChI=1S/C25H21ClO6/c1-29-22-14-18(15-23(30-2)24(22)31-3)25(28)32-20-11-7-17(8-12-20)21(27)13-6-16-4-9-19(26)10-5-16/h4-15H,1-3H3. The summed E-state index contributed by atoms with van der Waals surface area (Å²) in [4.78, 5) is 25.0. The first-order chi connectivity index (χ1) is 15.4. The van der Waals surface area contributed by atoms with Crippen molar-refractivity contribution in [2.24, 2.45) is 0 Å². The number of esters is 1. The minimum absolute atomic E-state index is 0.178. The second-order valence-electron chi connectivity index (χ2n) is 6.58. The molecular formula is C25H21ClO6. The summed E-state index contributed by atoms with van der Waals surface area (Å²) in [6.07, 6.45) is 3.18. The Labute approximate surface area is 190 Å². The zero-order valence-corrected chi connectivity index (χ0v) is 18.5. The summed E-state index contributed by atoms with van der Waals surface area (Å²) in [6, 6.07) is 16.4. The van der Waals surface area contributed by atoms with Crippen LogP contribution in [0.15, 0.2) is 66.7 Å². The van der Waals surface area contributed by atoms with Crippen molar-refractivity contribution in [3.05, 3.63) is 88.5 Å². The average molecular weight is 453 g/mol. The van der Waals surface area contributed by atoms with E-state index >= 15 is 0 Å². The Kier molecular flexibility index (Phi) is 7.52. The number of hydrogen-bond acceptors (Lipinski definition) is 6. The van der Waals surface area contributed by atoms with Gasteiger partial charge in [-0.25, -0.2) is 4.79 Å². The van der Waals surface area contributed by atoms with Gasteiger partial charge >= 0.3 is 5.97 Å². The third kappa shape index (κ3) is 5.47. The second kappa shape index (κ2) is 10.5. The molecule has 0 aliphatic heterocycles. The maximum atomic E-state index is 12.6. The molecule has 0 unspecified atom stereocenters. The number of benzene rings is 3. The zero-order chi connectivity index (χ0) is 23.1. The van der Waals surface area contributed by atoms with E-state index in [0.29, 0.717) is 33.6 Å². The monoisotopic (exact) mass is 452 g/mol. The van der Waals surface area contributed by atoms with Crippen molar-refractivity contribution < 1.29 is 28.5 Å². The van der Waals surface area contributed by atoms with Crippen LogP contribution < -0.4 is 18.9 Å². The van der Waals surface area contributed by atoms with Crippen LogP contribution in [0.1, 0.15) is 26.3 Å². The van der Waals surface area contributed by atoms with Crippen LogP contribution >= 0.6 is 11.6 Å². The van der Waals surface area contributed by atoms with Gasteiger partial charge in [0.05, 0.1) is 26.9 Å². The largest absolute Gasteiger partial charge is 0.493 e. The molecule has 0 N–H and O–H groups in total. The van der Waals surface area contributed by atoms with Gasteiger partial charge in [-0.2, -0.15) is 0 Å². The third-order valence-corrected chi connectivity index (χ3v) is 4.80. The van der Waals surface area contributed by atoms with Crippen molar-refractivity contribution in [2.45, 2.75) is 0 Å². The lowest BCUT2D eigenvalue weighted by atomic mass is 10.1. The Hall–Kier alpha value is -3.77. The number of rotatable bonds is 8. The summed E-state index contributed by atoms with van der Waals surface area (Å²) in [7, 11) is 4.40. The SMILES string of the molecule is COc1cc(C(=O)Oc2ccc(C(=O)C=Cc3ccc(Cl)cc3)cc2)cc(OC)c1OC. The quantitative estimate of drug-likeness (QED) is 0.195. The van der Waals surface area contributed by atoms with Crippen LogP contribution in [0.2, 0.25) is 5.02 Å². The molecule has 0 aliphatic carbocycles. The van der Waals surface area contributed by atoms with E-state index in [1.807, 2.05) is 12.1 Å². The molecule has 3 rings (SSSR count). The van der Waals surface area contributed by atoms with Crippen molar-refractivity contribution in [1.29, 1.82) is 0 Å². The number of carbonyl (C=O) groups excluding carboxylic acids is 2. The lowest BCUT2D eigenvalue weighted by Gasteiger charge is -2.13. The van der Waals surface area contributed by atoms with E-state index in [-0.39, 0.29) is 11.3 Å². The molecule has 32 heavy (non-hydrogen) atoms. The van der Waals surface area contributed by atoms with Gasteiger partial charge < -0.3 is 18.9 Å². The molecule has 3 aromatic rings. The highest BCUT2D eigenvalue weighted by molar-refractivity contribution is 6.30. The predicted molar refractivity (Wildman–Crippen MR) is 122 cm³/mol. The maximum absolute atomic E-state index is 12.6. The summed E-state index contributed by atoms with van der Waals surface area (Å²) in [6.45, 7) is 0. The van der Waals surface area contributed by atoms with E-state index in [1.165, 1.54) is 39.5 Å². The van der Waals surface area contributed by atoms with E-state index in [9.17, 15) is 9.59 Å². The van der Waals surface area contributed by atoms with Gasteiger partial charge in [0.2, 0.25) is 5.75 Å². The molecule has 6 nitrogen and oxygen atoms in total. The normalized spacial score (nSPS) is 10.6. The van der Waals surface area contributed by atoms with Crippen molar-refractivity contribution in [2.75, 3.05) is 21.3 Å². The fraction of sp³-hybridized carbons (Fsp3) is 0.120. The van der Waals surface area contributed by atoms with E-state index in [1.54, 1.807) is 42.5 Å². The van der Waals surface area contributed by atoms with Gasteiger partial charge in [0.25, 0.3) is 0 Å². The Balaban J connectivity index is 1.70. The number of halogens is 1. The van der Waals surface area contributed by atoms with E-state index in [0.717, 1.165) is 5.56 Å². The third-order valence-electron chi connectivity index (χ3n) is 4.55. The topological polar surface area (TPSA) is 71.1 Å². The number of ether oxygens (including phenoxy) is 4. The number of allylic oxidation sites excluding steroid dienone is 1. The number of carbonyl (C=O) groups is 2. The maximum Gasteiger partial charge on any atom is 0.343 e. The van der Waals surface area contributed by atoms with Gasteiger partial charge in [-0.15, -0.1) is 0 Å².